The lowest BCUT2D eigenvalue weighted by Gasteiger charge is -2.10. The van der Waals surface area contributed by atoms with E-state index >= 15 is 0 Å². The van der Waals surface area contributed by atoms with Crippen LogP contribution in [0.5, 0.6) is 23.0 Å². The summed E-state index contributed by atoms with van der Waals surface area (Å²) in [6.45, 7) is 0. The van der Waals surface area contributed by atoms with Gasteiger partial charge in [-0.05, 0) is 59.7 Å². The molecule has 2 aromatic heterocycles. The van der Waals surface area contributed by atoms with Crippen molar-refractivity contribution in [2.24, 2.45) is 0 Å². The van der Waals surface area contributed by atoms with E-state index in [-0.39, 0.29) is 0 Å². The summed E-state index contributed by atoms with van der Waals surface area (Å²) in [4.78, 5) is 29.2. The normalized spacial score (nSPS) is 11.0. The largest absolute Gasteiger partial charge is 0.497 e. The molecule has 0 N–H and O–H groups in total. The van der Waals surface area contributed by atoms with Crippen LogP contribution in [-0.2, 0) is 0 Å². The molecule has 2 heterocycles. The van der Waals surface area contributed by atoms with Gasteiger partial charge in [-0.3, -0.25) is 0 Å². The molecule has 10 nitrogen and oxygen atoms in total. The highest BCUT2D eigenvalue weighted by atomic mass is 16.5. The number of rotatable bonds is 12. The molecule has 6 aromatic carbocycles. The molecule has 0 fully saturated rings. The molecule has 10 heteroatoms. The summed E-state index contributed by atoms with van der Waals surface area (Å²) in [6.07, 6.45) is 4.14. The third-order valence-electron chi connectivity index (χ3n) is 9.39. The first kappa shape index (κ1) is 37.2. The molecule has 0 bridgehead atoms. The fourth-order valence-corrected chi connectivity index (χ4v) is 6.25. The van der Waals surface area contributed by atoms with Crippen molar-refractivity contribution in [1.29, 1.82) is 0 Å². The first-order valence-corrected chi connectivity index (χ1v) is 18.5. The van der Waals surface area contributed by atoms with Gasteiger partial charge in [-0.2, -0.15) is 0 Å². The van der Waals surface area contributed by atoms with Crippen LogP contribution in [0.15, 0.2) is 146 Å². The molecular weight excluding hydrogens is 725 g/mol. The van der Waals surface area contributed by atoms with E-state index in [1.54, 1.807) is 28.4 Å². The van der Waals surface area contributed by atoms with Crippen LogP contribution in [0.1, 0.15) is 11.1 Å². The smallest absolute Gasteiger partial charge is 0.164 e. The fraction of sp³-hybridized carbons (Fsp3) is 0.0833. The average Bonchev–Trinajstić information content (AvgIpc) is 3.31. The van der Waals surface area contributed by atoms with E-state index in [1.807, 2.05) is 146 Å². The minimum absolute atomic E-state index is 0.541. The third kappa shape index (κ3) is 8.41. The monoisotopic (exact) mass is 762 g/mol. The zero-order valence-corrected chi connectivity index (χ0v) is 32.3. The fourth-order valence-electron chi connectivity index (χ4n) is 6.25. The topological polar surface area (TPSA) is 114 Å². The van der Waals surface area contributed by atoms with Crippen LogP contribution in [0.4, 0.5) is 0 Å². The number of hydrogen-bond donors (Lipinski definition) is 0. The summed E-state index contributed by atoms with van der Waals surface area (Å²) in [7, 11) is 6.56. The Morgan fingerprint density at radius 2 is 0.534 bits per heavy atom. The van der Waals surface area contributed by atoms with Gasteiger partial charge >= 0.3 is 0 Å². The van der Waals surface area contributed by atoms with E-state index in [0.717, 1.165) is 67.5 Å². The first-order chi connectivity index (χ1) is 28.5. The van der Waals surface area contributed by atoms with Gasteiger partial charge in [0.25, 0.3) is 0 Å². The van der Waals surface area contributed by atoms with Gasteiger partial charge in [0.2, 0.25) is 0 Å². The number of methoxy groups -OCH3 is 4. The van der Waals surface area contributed by atoms with E-state index in [2.05, 4.69) is 12.2 Å². The zero-order chi connectivity index (χ0) is 39.8. The van der Waals surface area contributed by atoms with Crippen molar-refractivity contribution in [3.8, 4) is 91.3 Å². The van der Waals surface area contributed by atoms with Crippen molar-refractivity contribution >= 4 is 12.2 Å². The summed E-state index contributed by atoms with van der Waals surface area (Å²) in [5, 5.41) is 0. The van der Waals surface area contributed by atoms with Crippen molar-refractivity contribution in [2.75, 3.05) is 28.4 Å². The molecule has 0 radical (unpaired) electrons. The molecule has 0 aliphatic rings. The van der Waals surface area contributed by atoms with Crippen molar-refractivity contribution < 1.29 is 18.9 Å². The Balaban J connectivity index is 1.06. The van der Waals surface area contributed by atoms with E-state index in [9.17, 15) is 0 Å². The molecule has 0 atom stereocenters. The number of nitrogens with zero attached hydrogens (tertiary/aromatic N) is 6. The number of benzene rings is 6. The van der Waals surface area contributed by atoms with Gasteiger partial charge in [0.15, 0.2) is 34.9 Å². The molecule has 0 saturated heterocycles. The summed E-state index contributed by atoms with van der Waals surface area (Å²) in [5.74, 6) is 6.15. The summed E-state index contributed by atoms with van der Waals surface area (Å²) < 4.78 is 21.9. The highest BCUT2D eigenvalue weighted by Crippen LogP contribution is 2.30. The minimum atomic E-state index is 0.541. The Hall–Kier alpha value is -7.72. The van der Waals surface area contributed by atoms with Crippen molar-refractivity contribution in [1.82, 2.24) is 29.9 Å². The molecule has 0 aliphatic heterocycles. The molecule has 8 aromatic rings. The van der Waals surface area contributed by atoms with Gasteiger partial charge in [-0.15, -0.1) is 0 Å². The van der Waals surface area contributed by atoms with Crippen molar-refractivity contribution in [3.05, 3.63) is 157 Å². The molecule has 0 aliphatic carbocycles. The maximum atomic E-state index is 5.47. The number of ether oxygens (including phenoxy) is 4. The lowest BCUT2D eigenvalue weighted by atomic mass is 10.1. The second-order valence-corrected chi connectivity index (χ2v) is 13.1. The van der Waals surface area contributed by atoms with Gasteiger partial charge in [0.05, 0.1) is 28.4 Å². The van der Waals surface area contributed by atoms with Crippen LogP contribution in [0.25, 0.3) is 80.5 Å². The van der Waals surface area contributed by atoms with Crippen LogP contribution in [-0.4, -0.2) is 58.3 Å². The second-order valence-electron chi connectivity index (χ2n) is 13.1. The van der Waals surface area contributed by atoms with E-state index in [1.165, 1.54) is 0 Å². The molecule has 0 amide bonds. The Kier molecular flexibility index (Phi) is 10.9. The molecule has 0 saturated carbocycles. The van der Waals surface area contributed by atoms with E-state index in [0.29, 0.717) is 34.9 Å². The Morgan fingerprint density at radius 3 is 0.776 bits per heavy atom. The SMILES string of the molecule is COc1cccc(-c2nc(-c3ccc(C=Cc4ccc(-c5nc(-c6cccc(OC)c6)nc(-c6cccc(OC)c6)n5)cc4)cc3)nc(-c3cccc(OC)c3)n2)c1. The van der Waals surface area contributed by atoms with Crippen molar-refractivity contribution in [2.45, 2.75) is 0 Å². The summed E-state index contributed by atoms with van der Waals surface area (Å²) in [5.41, 5.74) is 7.04. The lowest BCUT2D eigenvalue weighted by molar-refractivity contribution is 0.415. The van der Waals surface area contributed by atoms with Crippen LogP contribution >= 0.6 is 0 Å². The Morgan fingerprint density at radius 1 is 0.293 bits per heavy atom. The van der Waals surface area contributed by atoms with Gasteiger partial charge in [-0.1, -0.05) is 109 Å². The number of aromatic nitrogens is 6. The summed E-state index contributed by atoms with van der Waals surface area (Å²) in [6, 6.07) is 47.0. The molecule has 284 valence electrons. The maximum absolute atomic E-state index is 5.47. The van der Waals surface area contributed by atoms with Crippen LogP contribution in [0, 0.1) is 0 Å². The van der Waals surface area contributed by atoms with Gasteiger partial charge in [-0.25, -0.2) is 29.9 Å². The minimum Gasteiger partial charge on any atom is -0.497 e. The first-order valence-electron chi connectivity index (χ1n) is 18.5. The lowest BCUT2D eigenvalue weighted by Crippen LogP contribution is -2.00. The van der Waals surface area contributed by atoms with Crippen LogP contribution in [0.2, 0.25) is 0 Å². The second kappa shape index (κ2) is 17.0. The Bertz CT molecular complexity index is 2420. The van der Waals surface area contributed by atoms with E-state index < -0.39 is 0 Å². The van der Waals surface area contributed by atoms with Crippen LogP contribution in [0.3, 0.4) is 0 Å². The molecular formula is C48H38N6O4. The van der Waals surface area contributed by atoms with E-state index in [4.69, 9.17) is 48.9 Å². The highest BCUT2D eigenvalue weighted by Gasteiger charge is 2.15. The van der Waals surface area contributed by atoms with Gasteiger partial charge in [0.1, 0.15) is 23.0 Å². The molecule has 8 rings (SSSR count). The Labute approximate surface area is 336 Å². The standard InChI is InChI=1S/C48H38N6O4/c1-55-39-13-5-9-35(27-39)45-49-43(50-46(53-45)36-10-6-14-40(28-36)56-2)33-23-19-31(20-24-33)17-18-32-21-25-34(26-22-32)44-51-47(37-11-7-15-41(29-37)57-3)54-48(52-44)38-12-8-16-42(30-38)58-4/h5-30H,1-4H3. The predicted molar refractivity (Wildman–Crippen MR) is 227 cm³/mol. The quantitative estimate of drug-likeness (QED) is 0.111. The summed E-state index contributed by atoms with van der Waals surface area (Å²) >= 11 is 0. The molecule has 0 spiro atoms. The maximum Gasteiger partial charge on any atom is 0.164 e. The average molecular weight is 763 g/mol. The molecule has 58 heavy (non-hydrogen) atoms. The molecule has 0 unspecified atom stereocenters. The van der Waals surface area contributed by atoms with Gasteiger partial charge in [0, 0.05) is 33.4 Å². The predicted octanol–water partition coefficient (Wildman–Crippen LogP) is 10.3. The third-order valence-corrected chi connectivity index (χ3v) is 9.39. The van der Waals surface area contributed by atoms with Crippen LogP contribution < -0.4 is 18.9 Å². The zero-order valence-electron chi connectivity index (χ0n) is 32.3. The highest BCUT2D eigenvalue weighted by molar-refractivity contribution is 5.74. The van der Waals surface area contributed by atoms with Crippen molar-refractivity contribution in [3.63, 3.8) is 0 Å². The number of hydrogen-bond acceptors (Lipinski definition) is 10. The van der Waals surface area contributed by atoms with Gasteiger partial charge < -0.3 is 18.9 Å².